The molecule has 2 heteroatoms. The van der Waals surface area contributed by atoms with Crippen LogP contribution in [0.15, 0.2) is 12.7 Å². The predicted octanol–water partition coefficient (Wildman–Crippen LogP) is 1.91. The molecular weight excluding hydrogens is 203 g/mol. The Morgan fingerprint density at radius 1 is 1.86 bits per heavy atom. The van der Waals surface area contributed by atoms with Crippen molar-refractivity contribution >= 4 is 26.4 Å². The quantitative estimate of drug-likeness (QED) is 0.395. The highest BCUT2D eigenvalue weighted by Gasteiger charge is 1.88. The van der Waals surface area contributed by atoms with Crippen molar-refractivity contribution in [2.75, 3.05) is 0 Å². The molecule has 0 bridgehead atoms. The van der Waals surface area contributed by atoms with Gasteiger partial charge < -0.3 is 0 Å². The lowest BCUT2D eigenvalue weighted by Crippen LogP contribution is -1.79. The number of hydrogen-bond donors (Lipinski definition) is 0. The maximum Gasteiger partial charge on any atom is 0.192 e. The van der Waals surface area contributed by atoms with Gasteiger partial charge in [-0.15, -0.1) is 6.58 Å². The second kappa shape index (κ2) is 4.30. The number of carbonyl (C=O) groups is 1. The molecule has 0 saturated heterocycles. The number of halogens is 1. The van der Waals surface area contributed by atoms with E-state index in [1.165, 1.54) is 0 Å². The highest BCUT2D eigenvalue weighted by Crippen LogP contribution is 1.96. The third-order valence-corrected chi connectivity index (χ3v) is 1.08. The Hall–Kier alpha value is 0.140. The molecule has 0 aromatic carbocycles. The molecule has 0 fully saturated rings. The minimum Gasteiger partial charge on any atom is -0.288 e. The SMILES string of the molecule is C=CCCC(=O)I. The van der Waals surface area contributed by atoms with Gasteiger partial charge in [0.1, 0.15) is 0 Å². The van der Waals surface area contributed by atoms with Crippen LogP contribution in [0.25, 0.3) is 0 Å². The summed E-state index contributed by atoms with van der Waals surface area (Å²) in [5, 5.41) is 0. The fourth-order valence-electron chi connectivity index (χ4n) is 0.216. The van der Waals surface area contributed by atoms with E-state index in [1.807, 2.05) is 0 Å². The highest BCUT2D eigenvalue weighted by atomic mass is 127. The van der Waals surface area contributed by atoms with E-state index in [0.717, 1.165) is 6.42 Å². The first kappa shape index (κ1) is 7.14. The van der Waals surface area contributed by atoms with E-state index in [2.05, 4.69) is 6.58 Å². The van der Waals surface area contributed by atoms with E-state index >= 15 is 0 Å². The van der Waals surface area contributed by atoms with Gasteiger partial charge in [-0.1, -0.05) is 6.08 Å². The van der Waals surface area contributed by atoms with Gasteiger partial charge in [-0.3, -0.25) is 4.79 Å². The molecule has 0 amide bonds. The van der Waals surface area contributed by atoms with E-state index in [1.54, 1.807) is 28.7 Å². The largest absolute Gasteiger partial charge is 0.288 e. The molecule has 1 nitrogen and oxygen atoms in total. The minimum atomic E-state index is 0.206. The fourth-order valence-corrected chi connectivity index (χ4v) is 0.527. The van der Waals surface area contributed by atoms with E-state index in [4.69, 9.17) is 0 Å². The molecule has 0 spiro atoms. The van der Waals surface area contributed by atoms with Crippen LogP contribution in [0.1, 0.15) is 12.8 Å². The summed E-state index contributed by atoms with van der Waals surface area (Å²) in [6, 6.07) is 0. The monoisotopic (exact) mass is 210 g/mol. The predicted molar refractivity (Wildman–Crippen MR) is 38.5 cm³/mol. The maximum absolute atomic E-state index is 10.1. The molecule has 0 radical (unpaired) electrons. The average molecular weight is 210 g/mol. The van der Waals surface area contributed by atoms with E-state index in [-0.39, 0.29) is 3.79 Å². The summed E-state index contributed by atoms with van der Waals surface area (Å²) in [6.07, 6.45) is 3.18. The Kier molecular flexibility index (Phi) is 4.39. The van der Waals surface area contributed by atoms with E-state index in [0.29, 0.717) is 6.42 Å². The average Bonchev–Trinajstić information content (AvgIpc) is 1.61. The molecule has 40 valence electrons. The van der Waals surface area contributed by atoms with Crippen molar-refractivity contribution < 1.29 is 4.79 Å². The molecule has 0 rings (SSSR count). The molecule has 0 atom stereocenters. The van der Waals surface area contributed by atoms with Crippen LogP contribution in [0.2, 0.25) is 0 Å². The molecule has 0 aromatic heterocycles. The molecule has 0 heterocycles. The van der Waals surface area contributed by atoms with E-state index < -0.39 is 0 Å². The van der Waals surface area contributed by atoms with Crippen molar-refractivity contribution in [3.63, 3.8) is 0 Å². The van der Waals surface area contributed by atoms with Crippen molar-refractivity contribution in [3.05, 3.63) is 12.7 Å². The summed E-state index contributed by atoms with van der Waals surface area (Å²) >= 11 is 1.78. The van der Waals surface area contributed by atoms with Gasteiger partial charge >= 0.3 is 0 Å². The molecule has 0 N–H and O–H groups in total. The van der Waals surface area contributed by atoms with Crippen molar-refractivity contribution in [1.29, 1.82) is 0 Å². The van der Waals surface area contributed by atoms with Crippen LogP contribution >= 0.6 is 22.6 Å². The second-order valence-electron chi connectivity index (χ2n) is 1.18. The number of hydrogen-bond acceptors (Lipinski definition) is 1. The van der Waals surface area contributed by atoms with Gasteiger partial charge in [0.05, 0.1) is 0 Å². The summed E-state index contributed by atoms with van der Waals surface area (Å²) < 4.78 is 0.206. The highest BCUT2D eigenvalue weighted by molar-refractivity contribution is 14.1. The summed E-state index contributed by atoms with van der Waals surface area (Å²) in [6.45, 7) is 3.48. The van der Waals surface area contributed by atoms with Crippen molar-refractivity contribution in [1.82, 2.24) is 0 Å². The van der Waals surface area contributed by atoms with Crippen molar-refractivity contribution in [3.8, 4) is 0 Å². The molecule has 0 unspecified atom stereocenters. The van der Waals surface area contributed by atoms with Gasteiger partial charge in [-0.2, -0.15) is 0 Å². The second-order valence-corrected chi connectivity index (χ2v) is 2.39. The summed E-state index contributed by atoms with van der Waals surface area (Å²) in [7, 11) is 0. The van der Waals surface area contributed by atoms with Gasteiger partial charge in [0.25, 0.3) is 0 Å². The maximum atomic E-state index is 10.1. The topological polar surface area (TPSA) is 17.1 Å². The van der Waals surface area contributed by atoms with Crippen LogP contribution < -0.4 is 0 Å². The zero-order valence-corrected chi connectivity index (χ0v) is 6.14. The van der Waals surface area contributed by atoms with Crippen LogP contribution in [0.3, 0.4) is 0 Å². The summed E-state index contributed by atoms with van der Waals surface area (Å²) in [4.78, 5) is 10.1. The summed E-state index contributed by atoms with van der Waals surface area (Å²) in [5.74, 6) is 0. The molecule has 0 saturated carbocycles. The van der Waals surface area contributed by atoms with Crippen molar-refractivity contribution in [2.24, 2.45) is 0 Å². The smallest absolute Gasteiger partial charge is 0.192 e. The fraction of sp³-hybridized carbons (Fsp3) is 0.400. The Balaban J connectivity index is 2.97. The Morgan fingerprint density at radius 3 is 2.57 bits per heavy atom. The molecule has 0 aliphatic rings. The van der Waals surface area contributed by atoms with Crippen LogP contribution in [0, 0.1) is 0 Å². The first-order chi connectivity index (χ1) is 3.27. The van der Waals surface area contributed by atoms with Crippen LogP contribution in [0.4, 0.5) is 0 Å². The van der Waals surface area contributed by atoms with Crippen LogP contribution in [-0.2, 0) is 4.79 Å². The summed E-state index contributed by atoms with van der Waals surface area (Å²) in [5.41, 5.74) is 0. The zero-order chi connectivity index (χ0) is 5.70. The molecule has 7 heavy (non-hydrogen) atoms. The van der Waals surface area contributed by atoms with E-state index in [9.17, 15) is 4.79 Å². The van der Waals surface area contributed by atoms with Gasteiger partial charge in [-0.05, 0) is 29.0 Å². The molecular formula is C5H7IO. The van der Waals surface area contributed by atoms with Crippen molar-refractivity contribution in [2.45, 2.75) is 12.8 Å². The molecule has 0 aliphatic carbocycles. The Labute approximate surface area is 56.9 Å². The third-order valence-electron chi connectivity index (χ3n) is 0.545. The number of carbonyl (C=O) groups excluding carboxylic acids is 1. The first-order valence-corrected chi connectivity index (χ1v) is 3.14. The Morgan fingerprint density at radius 2 is 2.43 bits per heavy atom. The zero-order valence-electron chi connectivity index (χ0n) is 3.98. The van der Waals surface area contributed by atoms with Crippen LogP contribution in [0.5, 0.6) is 0 Å². The van der Waals surface area contributed by atoms with Gasteiger partial charge in [0.2, 0.25) is 0 Å². The van der Waals surface area contributed by atoms with Gasteiger partial charge in [-0.25, -0.2) is 0 Å². The lowest BCUT2D eigenvalue weighted by molar-refractivity contribution is -0.109. The number of allylic oxidation sites excluding steroid dienone is 1. The van der Waals surface area contributed by atoms with Gasteiger partial charge in [0, 0.05) is 6.42 Å². The lowest BCUT2D eigenvalue weighted by Gasteiger charge is -1.81. The number of rotatable bonds is 3. The first-order valence-electron chi connectivity index (χ1n) is 2.06. The molecule has 0 aromatic rings. The lowest BCUT2D eigenvalue weighted by atomic mass is 10.3. The third kappa shape index (κ3) is 6.14. The normalized spacial score (nSPS) is 8.14. The molecule has 0 aliphatic heterocycles. The standard InChI is InChI=1S/C5H7IO/c1-2-3-4-5(6)7/h2H,1,3-4H2. The minimum absolute atomic E-state index is 0.206. The Bertz CT molecular complexity index is 78.1. The van der Waals surface area contributed by atoms with Crippen LogP contribution in [-0.4, -0.2) is 3.79 Å². The van der Waals surface area contributed by atoms with Gasteiger partial charge in [0.15, 0.2) is 3.79 Å².